The second-order valence-electron chi connectivity index (χ2n) is 3.87. The van der Waals surface area contributed by atoms with Gasteiger partial charge >= 0.3 is 5.69 Å². The summed E-state index contributed by atoms with van der Waals surface area (Å²) in [6.07, 6.45) is 1.22. The Bertz CT molecular complexity index is 617. The molecule has 1 unspecified atom stereocenters. The summed E-state index contributed by atoms with van der Waals surface area (Å²) < 4.78 is 23.0. The minimum absolute atomic E-state index is 0.0771. The molecule has 1 saturated heterocycles. The van der Waals surface area contributed by atoms with Crippen molar-refractivity contribution in [3.8, 4) is 0 Å². The Morgan fingerprint density at radius 2 is 2.18 bits per heavy atom. The molecule has 17 heavy (non-hydrogen) atoms. The van der Waals surface area contributed by atoms with E-state index in [0.29, 0.717) is 12.8 Å². The number of aromatic nitrogens is 3. The standard InChI is InChI=1S/C8H12N4O4S/c13-7-6(11-12-8(14)10-7)9-4-5-2-1-3-17(5,15)16/h5H,1-4H2,(H,9,11)(H2,10,12,13,14). The number of hydrogen-bond donors (Lipinski definition) is 3. The highest BCUT2D eigenvalue weighted by Crippen LogP contribution is 2.19. The van der Waals surface area contributed by atoms with Crippen LogP contribution in [0.3, 0.4) is 0 Å². The molecule has 0 spiro atoms. The van der Waals surface area contributed by atoms with Gasteiger partial charge in [-0.05, 0) is 12.8 Å². The number of hydrogen-bond acceptors (Lipinski definition) is 6. The van der Waals surface area contributed by atoms with Gasteiger partial charge in [-0.25, -0.2) is 18.3 Å². The molecule has 1 aliphatic rings. The first-order valence-corrected chi connectivity index (χ1v) is 6.85. The Labute approximate surface area is 96.4 Å². The van der Waals surface area contributed by atoms with Gasteiger partial charge in [0.1, 0.15) is 0 Å². The fraction of sp³-hybridized carbons (Fsp3) is 0.625. The van der Waals surface area contributed by atoms with Crippen LogP contribution in [0.2, 0.25) is 0 Å². The Morgan fingerprint density at radius 3 is 2.76 bits per heavy atom. The van der Waals surface area contributed by atoms with Crippen molar-refractivity contribution < 1.29 is 8.42 Å². The van der Waals surface area contributed by atoms with Crippen LogP contribution >= 0.6 is 0 Å². The van der Waals surface area contributed by atoms with Crippen LogP contribution in [0.4, 0.5) is 5.82 Å². The molecule has 0 amide bonds. The van der Waals surface area contributed by atoms with Crippen LogP contribution in [0, 0.1) is 0 Å². The summed E-state index contributed by atoms with van der Waals surface area (Å²) in [6, 6.07) is 0. The third-order valence-corrected chi connectivity index (χ3v) is 4.95. The molecular weight excluding hydrogens is 248 g/mol. The predicted molar refractivity (Wildman–Crippen MR) is 60.8 cm³/mol. The molecule has 0 aliphatic carbocycles. The number of nitrogens with one attached hydrogen (secondary N) is 3. The van der Waals surface area contributed by atoms with E-state index in [1.165, 1.54) is 0 Å². The van der Waals surface area contributed by atoms with Crippen molar-refractivity contribution in [2.75, 3.05) is 17.6 Å². The summed E-state index contributed by atoms with van der Waals surface area (Å²) >= 11 is 0. The number of sulfone groups is 1. The zero-order valence-electron chi connectivity index (χ0n) is 8.89. The fourth-order valence-electron chi connectivity index (χ4n) is 1.77. The van der Waals surface area contributed by atoms with Gasteiger partial charge in [0.25, 0.3) is 5.56 Å². The second kappa shape index (κ2) is 4.32. The maximum Gasteiger partial charge on any atom is 0.342 e. The highest BCUT2D eigenvalue weighted by atomic mass is 32.2. The summed E-state index contributed by atoms with van der Waals surface area (Å²) in [5, 5.41) is 7.71. The maximum absolute atomic E-state index is 11.5. The number of H-pyrrole nitrogens is 2. The Kier molecular flexibility index (Phi) is 3.01. The van der Waals surface area contributed by atoms with Gasteiger partial charge < -0.3 is 5.32 Å². The van der Waals surface area contributed by atoms with Gasteiger partial charge in [0.2, 0.25) is 5.82 Å². The molecule has 9 heteroatoms. The zero-order valence-corrected chi connectivity index (χ0v) is 9.71. The molecule has 0 bridgehead atoms. The van der Waals surface area contributed by atoms with E-state index in [2.05, 4.69) is 15.5 Å². The average Bonchev–Trinajstić information content (AvgIpc) is 2.57. The minimum atomic E-state index is -3.05. The van der Waals surface area contributed by atoms with Crippen LogP contribution in [0.1, 0.15) is 12.8 Å². The van der Waals surface area contributed by atoms with Crippen LogP contribution in [0.25, 0.3) is 0 Å². The first kappa shape index (κ1) is 11.8. The van der Waals surface area contributed by atoms with Crippen molar-refractivity contribution in [3.63, 3.8) is 0 Å². The van der Waals surface area contributed by atoms with Crippen molar-refractivity contribution in [3.05, 3.63) is 20.8 Å². The van der Waals surface area contributed by atoms with Crippen molar-refractivity contribution in [2.24, 2.45) is 0 Å². The molecule has 1 atom stereocenters. The molecule has 0 aromatic carbocycles. The summed E-state index contributed by atoms with van der Waals surface area (Å²) in [4.78, 5) is 24.0. The van der Waals surface area contributed by atoms with E-state index in [0.717, 1.165) is 0 Å². The smallest absolute Gasteiger partial charge is 0.342 e. The Morgan fingerprint density at radius 1 is 1.41 bits per heavy atom. The maximum atomic E-state index is 11.5. The lowest BCUT2D eigenvalue weighted by Gasteiger charge is -2.09. The van der Waals surface area contributed by atoms with Gasteiger partial charge in [0, 0.05) is 6.54 Å². The molecule has 2 rings (SSSR count). The topological polar surface area (TPSA) is 125 Å². The highest BCUT2D eigenvalue weighted by Gasteiger charge is 2.31. The summed E-state index contributed by atoms with van der Waals surface area (Å²) in [7, 11) is -3.05. The summed E-state index contributed by atoms with van der Waals surface area (Å²) in [6.45, 7) is 0.129. The third-order valence-electron chi connectivity index (χ3n) is 2.67. The molecule has 8 nitrogen and oxygen atoms in total. The molecule has 0 saturated carbocycles. The quantitative estimate of drug-likeness (QED) is 0.604. The number of anilines is 1. The highest BCUT2D eigenvalue weighted by molar-refractivity contribution is 7.92. The summed E-state index contributed by atoms with van der Waals surface area (Å²) in [5.41, 5.74) is -1.36. The van der Waals surface area contributed by atoms with E-state index >= 15 is 0 Å². The van der Waals surface area contributed by atoms with E-state index < -0.39 is 26.3 Å². The van der Waals surface area contributed by atoms with Gasteiger partial charge in [-0.1, -0.05) is 0 Å². The SMILES string of the molecule is O=c1[nH]nc(NCC2CCCS2(=O)=O)c(=O)[nH]1. The molecule has 0 radical (unpaired) electrons. The number of rotatable bonds is 3. The van der Waals surface area contributed by atoms with Gasteiger partial charge in [0.05, 0.1) is 11.0 Å². The molecule has 1 aliphatic heterocycles. The van der Waals surface area contributed by atoms with Crippen molar-refractivity contribution >= 4 is 15.7 Å². The first-order chi connectivity index (χ1) is 7.99. The molecule has 2 heterocycles. The Hall–Kier alpha value is -1.64. The second-order valence-corrected chi connectivity index (χ2v) is 6.27. The van der Waals surface area contributed by atoms with Gasteiger partial charge in [-0.2, -0.15) is 0 Å². The lowest BCUT2D eigenvalue weighted by Crippen LogP contribution is -2.31. The van der Waals surface area contributed by atoms with E-state index in [1.807, 2.05) is 4.98 Å². The summed E-state index contributed by atoms with van der Waals surface area (Å²) in [5.74, 6) is 0.112. The van der Waals surface area contributed by atoms with E-state index in [-0.39, 0.29) is 18.1 Å². The molecule has 1 fully saturated rings. The van der Waals surface area contributed by atoms with Gasteiger partial charge in [-0.3, -0.25) is 9.78 Å². The van der Waals surface area contributed by atoms with Gasteiger partial charge in [-0.15, -0.1) is 5.10 Å². The number of nitrogens with zero attached hydrogens (tertiary/aromatic N) is 1. The van der Waals surface area contributed by atoms with E-state index in [1.54, 1.807) is 0 Å². The molecule has 3 N–H and O–H groups in total. The lowest BCUT2D eigenvalue weighted by atomic mass is 10.2. The van der Waals surface area contributed by atoms with E-state index in [4.69, 9.17) is 0 Å². The largest absolute Gasteiger partial charge is 0.363 e. The minimum Gasteiger partial charge on any atom is -0.363 e. The van der Waals surface area contributed by atoms with Crippen molar-refractivity contribution in [2.45, 2.75) is 18.1 Å². The molecule has 1 aromatic heterocycles. The molecule has 1 aromatic rings. The van der Waals surface area contributed by atoms with Crippen molar-refractivity contribution in [1.29, 1.82) is 0 Å². The van der Waals surface area contributed by atoms with Crippen LogP contribution in [0.15, 0.2) is 9.59 Å². The van der Waals surface area contributed by atoms with Crippen molar-refractivity contribution in [1.82, 2.24) is 15.2 Å². The zero-order chi connectivity index (χ0) is 12.5. The Balaban J connectivity index is 2.08. The third kappa shape index (κ3) is 2.54. The van der Waals surface area contributed by atoms with Crippen LogP contribution in [-0.2, 0) is 9.84 Å². The lowest BCUT2D eigenvalue weighted by molar-refractivity contribution is 0.591. The molecular formula is C8H12N4O4S. The van der Waals surface area contributed by atoms with Crippen LogP contribution in [0.5, 0.6) is 0 Å². The van der Waals surface area contributed by atoms with Crippen LogP contribution in [-0.4, -0.2) is 41.1 Å². The van der Waals surface area contributed by atoms with E-state index in [9.17, 15) is 18.0 Å². The fourth-order valence-corrected chi connectivity index (χ4v) is 3.53. The average molecular weight is 260 g/mol. The predicted octanol–water partition coefficient (Wildman–Crippen LogP) is -1.55. The number of aromatic amines is 2. The first-order valence-electron chi connectivity index (χ1n) is 5.13. The van der Waals surface area contributed by atoms with Crippen LogP contribution < -0.4 is 16.6 Å². The van der Waals surface area contributed by atoms with Gasteiger partial charge in [0.15, 0.2) is 9.84 Å². The monoisotopic (exact) mass is 260 g/mol. The normalized spacial score (nSPS) is 22.5. The molecule has 94 valence electrons.